The Kier molecular flexibility index (Phi) is 13.6. The first-order chi connectivity index (χ1) is 13.0. The summed E-state index contributed by atoms with van der Waals surface area (Å²) in [5.74, 6) is 1.23. The van der Waals surface area contributed by atoms with Crippen LogP contribution in [-0.4, -0.2) is 52.5 Å². The van der Waals surface area contributed by atoms with Crippen LogP contribution >= 0.6 is 24.0 Å². The average Bonchev–Trinajstić information content (AvgIpc) is 2.68. The number of benzene rings is 1. The van der Waals surface area contributed by atoms with Gasteiger partial charge in [0.15, 0.2) is 5.96 Å². The highest BCUT2D eigenvalue weighted by atomic mass is 127. The van der Waals surface area contributed by atoms with Gasteiger partial charge in [-0.3, -0.25) is 4.99 Å². The number of ether oxygens (including phenoxy) is 3. The second-order valence-electron chi connectivity index (χ2n) is 6.41. The summed E-state index contributed by atoms with van der Waals surface area (Å²) in [6, 6.07) is 5.42. The van der Waals surface area contributed by atoms with Gasteiger partial charge in [0.25, 0.3) is 0 Å². The normalized spacial score (nSPS) is 12.2. The van der Waals surface area contributed by atoms with Gasteiger partial charge in [0.2, 0.25) is 0 Å². The lowest BCUT2D eigenvalue weighted by Gasteiger charge is -2.21. The Balaban J connectivity index is 0.00000729. The lowest BCUT2D eigenvalue weighted by atomic mass is 10.0. The van der Waals surface area contributed by atoms with Gasteiger partial charge in [0.05, 0.1) is 20.3 Å². The molecule has 0 saturated carbocycles. The van der Waals surface area contributed by atoms with E-state index in [1.807, 2.05) is 13.0 Å². The minimum atomic E-state index is -0.424. The predicted molar refractivity (Wildman–Crippen MR) is 123 cm³/mol. The maximum Gasteiger partial charge on any atom is 0.341 e. The summed E-state index contributed by atoms with van der Waals surface area (Å²) in [6.45, 7) is 8.34. The number of nitrogens with zero attached hydrogens (tertiary/aromatic N) is 1. The van der Waals surface area contributed by atoms with Gasteiger partial charge < -0.3 is 24.8 Å². The van der Waals surface area contributed by atoms with Crippen LogP contribution in [0.4, 0.5) is 0 Å². The molecule has 0 saturated heterocycles. The van der Waals surface area contributed by atoms with Gasteiger partial charge in [0.1, 0.15) is 11.3 Å². The first-order valence-corrected chi connectivity index (χ1v) is 9.28. The van der Waals surface area contributed by atoms with Gasteiger partial charge in [-0.05, 0) is 37.0 Å². The standard InChI is InChI=1S/C20H33N3O4.HI/c1-7-27-17(14(2)3)10-11-22-20(21-4)23-13-15-8-9-18(25-5)16(12-15)19(24)26-6;/h8-9,12,14,17H,7,10-11,13H2,1-6H3,(H2,21,22,23);1H. The molecule has 2 N–H and O–H groups in total. The molecule has 0 bridgehead atoms. The van der Waals surface area contributed by atoms with Crippen molar-refractivity contribution in [3.8, 4) is 5.75 Å². The highest BCUT2D eigenvalue weighted by Crippen LogP contribution is 2.20. The average molecular weight is 507 g/mol. The van der Waals surface area contributed by atoms with Gasteiger partial charge in [-0.15, -0.1) is 24.0 Å². The van der Waals surface area contributed by atoms with Gasteiger partial charge in [-0.1, -0.05) is 19.9 Å². The Labute approximate surface area is 185 Å². The van der Waals surface area contributed by atoms with Crippen molar-refractivity contribution >= 4 is 35.9 Å². The first-order valence-electron chi connectivity index (χ1n) is 9.28. The number of rotatable bonds is 10. The molecular weight excluding hydrogens is 473 g/mol. The fraction of sp³-hybridized carbons (Fsp3) is 0.600. The fourth-order valence-corrected chi connectivity index (χ4v) is 2.70. The van der Waals surface area contributed by atoms with E-state index in [-0.39, 0.29) is 30.1 Å². The topological polar surface area (TPSA) is 81.2 Å². The number of carbonyl (C=O) groups excluding carboxylic acids is 1. The van der Waals surface area contributed by atoms with E-state index in [2.05, 4.69) is 29.5 Å². The minimum absolute atomic E-state index is 0. The molecule has 160 valence electrons. The molecule has 0 aliphatic heterocycles. The van der Waals surface area contributed by atoms with Crippen LogP contribution in [0.3, 0.4) is 0 Å². The number of esters is 1. The first kappa shape index (κ1) is 26.4. The Bertz CT molecular complexity index is 623. The molecule has 1 aromatic carbocycles. The number of guanidine groups is 1. The fourth-order valence-electron chi connectivity index (χ4n) is 2.70. The molecule has 0 spiro atoms. The van der Waals surface area contributed by atoms with Gasteiger partial charge >= 0.3 is 5.97 Å². The molecule has 0 aromatic heterocycles. The lowest BCUT2D eigenvalue weighted by molar-refractivity contribution is 0.0258. The Morgan fingerprint density at radius 1 is 1.21 bits per heavy atom. The molecule has 7 nitrogen and oxygen atoms in total. The summed E-state index contributed by atoms with van der Waals surface area (Å²) in [4.78, 5) is 16.1. The third-order valence-corrected chi connectivity index (χ3v) is 4.20. The van der Waals surface area contributed by atoms with E-state index >= 15 is 0 Å². The third kappa shape index (κ3) is 8.64. The van der Waals surface area contributed by atoms with Gasteiger partial charge in [-0.25, -0.2) is 4.79 Å². The molecule has 0 fully saturated rings. The molecule has 0 aliphatic carbocycles. The molecule has 1 aromatic rings. The number of aliphatic imine (C=N–C) groups is 1. The van der Waals surface area contributed by atoms with E-state index in [4.69, 9.17) is 14.2 Å². The molecular formula is C20H34IN3O4. The molecule has 0 aliphatic rings. The number of halogens is 1. The molecule has 28 heavy (non-hydrogen) atoms. The van der Waals surface area contributed by atoms with Crippen molar-refractivity contribution in [3.05, 3.63) is 29.3 Å². The summed E-state index contributed by atoms with van der Waals surface area (Å²) in [6.07, 6.45) is 1.13. The second-order valence-corrected chi connectivity index (χ2v) is 6.41. The van der Waals surface area contributed by atoms with Crippen LogP contribution in [0.2, 0.25) is 0 Å². The Morgan fingerprint density at radius 2 is 1.93 bits per heavy atom. The van der Waals surface area contributed by atoms with E-state index < -0.39 is 5.97 Å². The number of carbonyl (C=O) groups is 1. The van der Waals surface area contributed by atoms with Crippen molar-refractivity contribution in [1.82, 2.24) is 10.6 Å². The summed E-state index contributed by atoms with van der Waals surface area (Å²) >= 11 is 0. The smallest absolute Gasteiger partial charge is 0.341 e. The maximum atomic E-state index is 11.9. The van der Waals surface area contributed by atoms with Crippen molar-refractivity contribution in [2.45, 2.75) is 39.8 Å². The van der Waals surface area contributed by atoms with Crippen LogP contribution < -0.4 is 15.4 Å². The third-order valence-electron chi connectivity index (χ3n) is 4.20. The highest BCUT2D eigenvalue weighted by Gasteiger charge is 2.14. The van der Waals surface area contributed by atoms with E-state index in [1.165, 1.54) is 14.2 Å². The minimum Gasteiger partial charge on any atom is -0.496 e. The lowest BCUT2D eigenvalue weighted by Crippen LogP contribution is -2.39. The van der Waals surface area contributed by atoms with Gasteiger partial charge in [-0.2, -0.15) is 0 Å². The molecule has 8 heteroatoms. The molecule has 0 heterocycles. The number of nitrogens with one attached hydrogen (secondary N) is 2. The van der Waals surface area contributed by atoms with Crippen LogP contribution in [0.1, 0.15) is 43.1 Å². The maximum absolute atomic E-state index is 11.9. The molecule has 1 unspecified atom stereocenters. The zero-order chi connectivity index (χ0) is 20.2. The van der Waals surface area contributed by atoms with Crippen LogP contribution in [-0.2, 0) is 16.0 Å². The van der Waals surface area contributed by atoms with Crippen molar-refractivity contribution < 1.29 is 19.0 Å². The molecule has 0 amide bonds. The van der Waals surface area contributed by atoms with Crippen LogP contribution in [0, 0.1) is 5.92 Å². The van der Waals surface area contributed by atoms with Crippen molar-refractivity contribution in [1.29, 1.82) is 0 Å². The van der Waals surface area contributed by atoms with Gasteiger partial charge in [0, 0.05) is 26.7 Å². The molecule has 1 rings (SSSR count). The van der Waals surface area contributed by atoms with Crippen LogP contribution in [0.15, 0.2) is 23.2 Å². The zero-order valence-corrected chi connectivity index (χ0v) is 20.0. The monoisotopic (exact) mass is 507 g/mol. The molecule has 0 radical (unpaired) electrons. The highest BCUT2D eigenvalue weighted by molar-refractivity contribution is 14.0. The number of hydrogen-bond donors (Lipinski definition) is 2. The largest absolute Gasteiger partial charge is 0.496 e. The number of methoxy groups -OCH3 is 2. The quantitative estimate of drug-likeness (QED) is 0.219. The molecule has 1 atom stereocenters. The van der Waals surface area contributed by atoms with E-state index in [0.717, 1.165) is 25.1 Å². The summed E-state index contributed by atoms with van der Waals surface area (Å²) in [5.41, 5.74) is 1.33. The summed E-state index contributed by atoms with van der Waals surface area (Å²) < 4.78 is 15.8. The van der Waals surface area contributed by atoms with Crippen LogP contribution in [0.25, 0.3) is 0 Å². The summed E-state index contributed by atoms with van der Waals surface area (Å²) in [7, 11) is 4.61. The van der Waals surface area contributed by atoms with Crippen molar-refractivity contribution in [2.75, 3.05) is 34.4 Å². The summed E-state index contributed by atoms with van der Waals surface area (Å²) in [5, 5.41) is 6.54. The Morgan fingerprint density at radius 3 is 2.46 bits per heavy atom. The Hall–Kier alpha value is -1.55. The van der Waals surface area contributed by atoms with E-state index in [0.29, 0.717) is 29.7 Å². The zero-order valence-electron chi connectivity index (χ0n) is 17.7. The van der Waals surface area contributed by atoms with E-state index in [1.54, 1.807) is 19.2 Å². The van der Waals surface area contributed by atoms with Crippen molar-refractivity contribution in [2.24, 2.45) is 10.9 Å². The predicted octanol–water partition coefficient (Wildman–Crippen LogP) is 3.22. The van der Waals surface area contributed by atoms with Crippen LogP contribution in [0.5, 0.6) is 5.75 Å². The SMILES string of the molecule is CCOC(CCNC(=NC)NCc1ccc(OC)c(C(=O)OC)c1)C(C)C.I. The number of hydrogen-bond acceptors (Lipinski definition) is 5. The second kappa shape index (κ2) is 14.4. The van der Waals surface area contributed by atoms with Crippen molar-refractivity contribution in [3.63, 3.8) is 0 Å². The van der Waals surface area contributed by atoms with E-state index in [9.17, 15) is 4.79 Å².